The maximum Gasteiger partial charge on any atom is 0.121 e. The van der Waals surface area contributed by atoms with E-state index in [1.807, 2.05) is 0 Å². The maximum atomic E-state index is 5.35. The predicted molar refractivity (Wildman–Crippen MR) is 86.8 cm³/mol. The van der Waals surface area contributed by atoms with Crippen LogP contribution < -0.4 is 4.74 Å². The lowest BCUT2D eigenvalue weighted by molar-refractivity contribution is 0.411. The van der Waals surface area contributed by atoms with Crippen molar-refractivity contribution in [1.82, 2.24) is 0 Å². The molecule has 0 amide bonds. The Balaban J connectivity index is 1.93. The third-order valence-electron chi connectivity index (χ3n) is 4.33. The SMILES string of the molecule is COc1ccc(C(Br)C2(c3ccccc3)CC2)cc1C. The van der Waals surface area contributed by atoms with Gasteiger partial charge < -0.3 is 4.74 Å². The summed E-state index contributed by atoms with van der Waals surface area (Å²) in [6.07, 6.45) is 2.50. The van der Waals surface area contributed by atoms with E-state index in [0.717, 1.165) is 5.75 Å². The molecule has 20 heavy (non-hydrogen) atoms. The highest BCUT2D eigenvalue weighted by molar-refractivity contribution is 9.09. The summed E-state index contributed by atoms with van der Waals surface area (Å²) in [5, 5.41) is 0. The molecule has 3 rings (SSSR count). The van der Waals surface area contributed by atoms with Gasteiger partial charge in [0.25, 0.3) is 0 Å². The monoisotopic (exact) mass is 330 g/mol. The summed E-state index contributed by atoms with van der Waals surface area (Å²) >= 11 is 3.95. The van der Waals surface area contributed by atoms with E-state index < -0.39 is 0 Å². The molecule has 0 spiro atoms. The fraction of sp³-hybridized carbons (Fsp3) is 0.333. The van der Waals surface area contributed by atoms with Crippen molar-refractivity contribution in [2.75, 3.05) is 7.11 Å². The van der Waals surface area contributed by atoms with Gasteiger partial charge in [0.15, 0.2) is 0 Å². The second kappa shape index (κ2) is 5.25. The second-order valence-corrected chi connectivity index (χ2v) is 6.53. The van der Waals surface area contributed by atoms with E-state index >= 15 is 0 Å². The van der Waals surface area contributed by atoms with Crippen LogP contribution in [-0.4, -0.2) is 7.11 Å². The van der Waals surface area contributed by atoms with E-state index in [1.54, 1.807) is 7.11 Å². The van der Waals surface area contributed by atoms with Gasteiger partial charge in [0, 0.05) is 10.2 Å². The quantitative estimate of drug-likeness (QED) is 0.702. The van der Waals surface area contributed by atoms with Crippen molar-refractivity contribution in [2.24, 2.45) is 0 Å². The van der Waals surface area contributed by atoms with Crippen molar-refractivity contribution < 1.29 is 4.74 Å². The first kappa shape index (κ1) is 13.7. The topological polar surface area (TPSA) is 9.23 Å². The van der Waals surface area contributed by atoms with E-state index in [1.165, 1.54) is 29.5 Å². The van der Waals surface area contributed by atoms with Gasteiger partial charge in [-0.3, -0.25) is 0 Å². The molecule has 1 atom stereocenters. The molecule has 104 valence electrons. The molecule has 1 aliphatic rings. The van der Waals surface area contributed by atoms with Crippen molar-refractivity contribution in [2.45, 2.75) is 30.0 Å². The molecule has 2 heteroatoms. The van der Waals surface area contributed by atoms with Crippen molar-refractivity contribution in [3.05, 3.63) is 65.2 Å². The Bertz CT molecular complexity index is 602. The molecule has 2 aromatic carbocycles. The molecule has 1 nitrogen and oxygen atoms in total. The first-order valence-electron chi connectivity index (χ1n) is 7.01. The molecule has 0 bridgehead atoms. The van der Waals surface area contributed by atoms with E-state index in [-0.39, 0.29) is 5.41 Å². The van der Waals surface area contributed by atoms with E-state index in [0.29, 0.717) is 4.83 Å². The van der Waals surface area contributed by atoms with Gasteiger partial charge in [0.2, 0.25) is 0 Å². The zero-order chi connectivity index (χ0) is 14.2. The van der Waals surface area contributed by atoms with Gasteiger partial charge in [-0.1, -0.05) is 58.4 Å². The molecule has 0 N–H and O–H groups in total. The largest absolute Gasteiger partial charge is 0.496 e. The van der Waals surface area contributed by atoms with Gasteiger partial charge in [-0.15, -0.1) is 0 Å². The number of ether oxygens (including phenoxy) is 1. The Morgan fingerprint density at radius 3 is 2.35 bits per heavy atom. The van der Waals surface area contributed by atoms with Crippen LogP contribution >= 0.6 is 15.9 Å². The van der Waals surface area contributed by atoms with Crippen LogP contribution in [0.25, 0.3) is 0 Å². The Labute approximate surface area is 129 Å². The third-order valence-corrected chi connectivity index (χ3v) is 5.74. The summed E-state index contributed by atoms with van der Waals surface area (Å²) < 4.78 is 5.35. The first-order chi connectivity index (χ1) is 9.67. The number of hydrogen-bond acceptors (Lipinski definition) is 1. The maximum absolute atomic E-state index is 5.35. The van der Waals surface area contributed by atoms with Crippen LogP contribution in [0.4, 0.5) is 0 Å². The number of rotatable bonds is 4. The van der Waals surface area contributed by atoms with Crippen LogP contribution in [0.2, 0.25) is 0 Å². The average Bonchev–Trinajstić information content (AvgIpc) is 3.29. The molecule has 0 aromatic heterocycles. The summed E-state index contributed by atoms with van der Waals surface area (Å²) in [6.45, 7) is 2.10. The zero-order valence-electron chi connectivity index (χ0n) is 11.9. The number of halogens is 1. The Hall–Kier alpha value is -1.28. The number of alkyl halides is 1. The minimum Gasteiger partial charge on any atom is -0.496 e. The molecule has 0 heterocycles. The first-order valence-corrected chi connectivity index (χ1v) is 7.93. The summed E-state index contributed by atoms with van der Waals surface area (Å²) in [5.74, 6) is 0.956. The van der Waals surface area contributed by atoms with Crippen molar-refractivity contribution >= 4 is 15.9 Å². The zero-order valence-corrected chi connectivity index (χ0v) is 13.5. The number of aryl methyl sites for hydroxylation is 1. The molecule has 0 saturated heterocycles. The average molecular weight is 331 g/mol. The van der Waals surface area contributed by atoms with Gasteiger partial charge in [-0.25, -0.2) is 0 Å². The molecule has 1 fully saturated rings. The van der Waals surface area contributed by atoms with Crippen LogP contribution in [0.3, 0.4) is 0 Å². The molecule has 1 unspecified atom stereocenters. The predicted octanol–water partition coefficient (Wildman–Crippen LogP) is 5.17. The Morgan fingerprint density at radius 1 is 1.10 bits per heavy atom. The molecule has 1 aliphatic carbocycles. The van der Waals surface area contributed by atoms with E-state index in [9.17, 15) is 0 Å². The summed E-state index contributed by atoms with van der Waals surface area (Å²) in [7, 11) is 1.72. The van der Waals surface area contributed by atoms with Gasteiger partial charge >= 0.3 is 0 Å². The Kier molecular flexibility index (Phi) is 3.59. The smallest absolute Gasteiger partial charge is 0.121 e. The standard InChI is InChI=1S/C18H19BrO/c1-13-12-14(8-9-16(13)20-2)17(19)18(10-11-18)15-6-4-3-5-7-15/h3-9,12,17H,10-11H2,1-2H3. The van der Waals surface area contributed by atoms with Crippen LogP contribution in [0.1, 0.15) is 34.4 Å². The molecule has 1 saturated carbocycles. The number of methoxy groups -OCH3 is 1. The molecule has 0 radical (unpaired) electrons. The minimum absolute atomic E-state index is 0.266. The molecule has 2 aromatic rings. The summed E-state index contributed by atoms with van der Waals surface area (Å²) in [6, 6.07) is 17.3. The van der Waals surface area contributed by atoms with Crippen LogP contribution in [0.15, 0.2) is 48.5 Å². The second-order valence-electron chi connectivity index (χ2n) is 5.61. The van der Waals surface area contributed by atoms with Crippen LogP contribution in [-0.2, 0) is 5.41 Å². The summed E-state index contributed by atoms with van der Waals surface area (Å²) in [4.78, 5) is 0.363. The normalized spacial score (nSPS) is 17.6. The Morgan fingerprint density at radius 2 is 1.80 bits per heavy atom. The van der Waals surface area contributed by atoms with Gasteiger partial charge in [-0.2, -0.15) is 0 Å². The highest BCUT2D eigenvalue weighted by Gasteiger charge is 2.50. The van der Waals surface area contributed by atoms with E-state index in [2.05, 4.69) is 71.4 Å². The van der Waals surface area contributed by atoms with Crippen molar-refractivity contribution in [3.8, 4) is 5.75 Å². The number of benzene rings is 2. The van der Waals surface area contributed by atoms with Crippen LogP contribution in [0.5, 0.6) is 5.75 Å². The van der Waals surface area contributed by atoms with Crippen molar-refractivity contribution in [1.29, 1.82) is 0 Å². The lowest BCUT2D eigenvalue weighted by atomic mass is 9.88. The lowest BCUT2D eigenvalue weighted by Gasteiger charge is -2.23. The summed E-state index contributed by atoms with van der Waals surface area (Å²) in [5.41, 5.74) is 4.24. The lowest BCUT2D eigenvalue weighted by Crippen LogP contribution is -2.13. The third kappa shape index (κ3) is 2.26. The molecule has 0 aliphatic heterocycles. The van der Waals surface area contributed by atoms with E-state index in [4.69, 9.17) is 4.74 Å². The van der Waals surface area contributed by atoms with Gasteiger partial charge in [0.1, 0.15) is 5.75 Å². The fourth-order valence-corrected chi connectivity index (χ4v) is 3.98. The van der Waals surface area contributed by atoms with Gasteiger partial charge in [0.05, 0.1) is 7.11 Å². The fourth-order valence-electron chi connectivity index (χ4n) is 2.97. The molecular formula is C18H19BrO. The highest BCUT2D eigenvalue weighted by Crippen LogP contribution is 2.60. The van der Waals surface area contributed by atoms with Crippen LogP contribution in [0, 0.1) is 6.92 Å². The molecular weight excluding hydrogens is 312 g/mol. The minimum atomic E-state index is 0.266. The van der Waals surface area contributed by atoms with Crippen molar-refractivity contribution in [3.63, 3.8) is 0 Å². The number of hydrogen-bond donors (Lipinski definition) is 0. The van der Waals surface area contributed by atoms with Gasteiger partial charge in [-0.05, 0) is 42.5 Å². The highest BCUT2D eigenvalue weighted by atomic mass is 79.9.